The topological polar surface area (TPSA) is 81.7 Å². The van der Waals surface area contributed by atoms with E-state index in [2.05, 4.69) is 10.1 Å². The molecule has 6 heteroatoms. The Kier molecular flexibility index (Phi) is 8.16. The zero-order chi connectivity index (χ0) is 15.5. The molecule has 1 saturated carbocycles. The van der Waals surface area contributed by atoms with Crippen LogP contribution in [0.4, 0.5) is 0 Å². The molecule has 0 spiro atoms. The Morgan fingerprint density at radius 3 is 2.29 bits per heavy atom. The third kappa shape index (κ3) is 7.48. The largest absolute Gasteiger partial charge is 0.463 e. The number of amides is 1. The fourth-order valence-electron chi connectivity index (χ4n) is 2.21. The van der Waals surface area contributed by atoms with E-state index in [4.69, 9.17) is 4.74 Å². The van der Waals surface area contributed by atoms with Gasteiger partial charge >= 0.3 is 11.9 Å². The molecular formula is C15H23NO5. The number of esters is 2. The van der Waals surface area contributed by atoms with Gasteiger partial charge in [-0.2, -0.15) is 0 Å². The van der Waals surface area contributed by atoms with Gasteiger partial charge in [-0.1, -0.05) is 19.3 Å². The van der Waals surface area contributed by atoms with Gasteiger partial charge in [-0.25, -0.2) is 9.59 Å². The maximum absolute atomic E-state index is 11.8. The van der Waals surface area contributed by atoms with Crippen LogP contribution in [0.3, 0.4) is 0 Å². The van der Waals surface area contributed by atoms with E-state index >= 15 is 0 Å². The van der Waals surface area contributed by atoms with Gasteiger partial charge in [-0.3, -0.25) is 4.79 Å². The van der Waals surface area contributed by atoms with Crippen molar-refractivity contribution in [3.05, 3.63) is 12.2 Å². The number of carbonyl (C=O) groups is 3. The molecule has 1 fully saturated rings. The maximum Gasteiger partial charge on any atom is 0.331 e. The van der Waals surface area contributed by atoms with Crippen molar-refractivity contribution in [3.63, 3.8) is 0 Å². The second-order valence-electron chi connectivity index (χ2n) is 4.88. The smallest absolute Gasteiger partial charge is 0.331 e. The Bertz CT molecular complexity index is 386. The van der Waals surface area contributed by atoms with Crippen LogP contribution in [0.15, 0.2) is 12.2 Å². The van der Waals surface area contributed by atoms with Crippen LogP contribution in [-0.2, 0) is 23.9 Å². The third-order valence-electron chi connectivity index (χ3n) is 3.26. The average Bonchev–Trinajstić information content (AvgIpc) is 2.50. The van der Waals surface area contributed by atoms with E-state index in [0.29, 0.717) is 0 Å². The molecule has 1 amide bonds. The molecule has 0 aromatic heterocycles. The summed E-state index contributed by atoms with van der Waals surface area (Å²) in [5.74, 6) is -1.08. The molecule has 21 heavy (non-hydrogen) atoms. The summed E-state index contributed by atoms with van der Waals surface area (Å²) < 4.78 is 9.49. The summed E-state index contributed by atoms with van der Waals surface area (Å²) in [4.78, 5) is 34.0. The Morgan fingerprint density at radius 1 is 1.05 bits per heavy atom. The minimum atomic E-state index is -0.630. The van der Waals surface area contributed by atoms with Crippen LogP contribution in [-0.4, -0.2) is 37.6 Å². The summed E-state index contributed by atoms with van der Waals surface area (Å²) in [6.45, 7) is 2.31. The molecule has 0 aromatic carbocycles. The highest BCUT2D eigenvalue weighted by Gasteiger charge is 2.20. The fourth-order valence-corrected chi connectivity index (χ4v) is 2.21. The summed E-state index contributed by atoms with van der Waals surface area (Å²) in [6, 6.07) is 0. The molecule has 1 N–H and O–H groups in total. The van der Waals surface area contributed by atoms with Crippen LogP contribution in [0, 0.1) is 5.92 Å². The van der Waals surface area contributed by atoms with Crippen molar-refractivity contribution in [1.82, 2.24) is 5.32 Å². The lowest BCUT2D eigenvalue weighted by atomic mass is 9.89. The maximum atomic E-state index is 11.8. The number of hydrogen-bond acceptors (Lipinski definition) is 5. The SMILES string of the molecule is CCOC(=O)/C=C/C(=O)OCCNC(=O)C1CCCCC1. The van der Waals surface area contributed by atoms with Crippen molar-refractivity contribution in [2.75, 3.05) is 19.8 Å². The number of ether oxygens (including phenoxy) is 2. The highest BCUT2D eigenvalue weighted by atomic mass is 16.5. The number of hydrogen-bond donors (Lipinski definition) is 1. The van der Waals surface area contributed by atoms with E-state index in [1.165, 1.54) is 6.42 Å². The van der Waals surface area contributed by atoms with Crippen LogP contribution < -0.4 is 5.32 Å². The summed E-state index contributed by atoms with van der Waals surface area (Å²) >= 11 is 0. The van der Waals surface area contributed by atoms with Crippen molar-refractivity contribution in [2.45, 2.75) is 39.0 Å². The normalized spacial score (nSPS) is 15.7. The van der Waals surface area contributed by atoms with Crippen molar-refractivity contribution < 1.29 is 23.9 Å². The second-order valence-corrected chi connectivity index (χ2v) is 4.88. The zero-order valence-corrected chi connectivity index (χ0v) is 12.4. The van der Waals surface area contributed by atoms with Crippen LogP contribution in [0.25, 0.3) is 0 Å². The van der Waals surface area contributed by atoms with E-state index < -0.39 is 11.9 Å². The van der Waals surface area contributed by atoms with E-state index in [1.54, 1.807) is 6.92 Å². The number of carbonyl (C=O) groups excluding carboxylic acids is 3. The Hall–Kier alpha value is -1.85. The zero-order valence-electron chi connectivity index (χ0n) is 12.4. The lowest BCUT2D eigenvalue weighted by molar-refractivity contribution is -0.140. The minimum absolute atomic E-state index is 0.0350. The van der Waals surface area contributed by atoms with Crippen LogP contribution >= 0.6 is 0 Å². The predicted molar refractivity (Wildman–Crippen MR) is 76.3 cm³/mol. The molecule has 0 saturated heterocycles. The van der Waals surface area contributed by atoms with Crippen LogP contribution in [0.2, 0.25) is 0 Å². The van der Waals surface area contributed by atoms with Gasteiger partial charge in [0.15, 0.2) is 0 Å². The monoisotopic (exact) mass is 297 g/mol. The van der Waals surface area contributed by atoms with Gasteiger partial charge in [0.2, 0.25) is 5.91 Å². The first-order valence-electron chi connectivity index (χ1n) is 7.42. The summed E-state index contributed by atoms with van der Waals surface area (Å²) in [6.07, 6.45) is 7.32. The van der Waals surface area contributed by atoms with Gasteiger partial charge in [-0.05, 0) is 19.8 Å². The Labute approximate surface area is 124 Å². The van der Waals surface area contributed by atoms with Crippen LogP contribution in [0.1, 0.15) is 39.0 Å². The van der Waals surface area contributed by atoms with E-state index in [1.807, 2.05) is 0 Å². The third-order valence-corrected chi connectivity index (χ3v) is 3.26. The van der Waals surface area contributed by atoms with Gasteiger partial charge in [0.25, 0.3) is 0 Å². The fraction of sp³-hybridized carbons (Fsp3) is 0.667. The molecule has 0 bridgehead atoms. The molecule has 0 aromatic rings. The molecular weight excluding hydrogens is 274 g/mol. The molecule has 0 aliphatic heterocycles. The van der Waals surface area contributed by atoms with Crippen molar-refractivity contribution in [3.8, 4) is 0 Å². The summed E-state index contributed by atoms with van der Waals surface area (Å²) in [5, 5.41) is 2.76. The van der Waals surface area contributed by atoms with Gasteiger partial charge in [0.05, 0.1) is 13.2 Å². The quantitative estimate of drug-likeness (QED) is 0.436. The van der Waals surface area contributed by atoms with E-state index in [0.717, 1.165) is 37.8 Å². The van der Waals surface area contributed by atoms with Crippen molar-refractivity contribution >= 4 is 17.8 Å². The lowest BCUT2D eigenvalue weighted by Crippen LogP contribution is -2.34. The molecule has 0 heterocycles. The molecule has 1 aliphatic carbocycles. The Balaban J connectivity index is 2.11. The van der Waals surface area contributed by atoms with E-state index in [-0.39, 0.29) is 31.6 Å². The average molecular weight is 297 g/mol. The summed E-state index contributed by atoms with van der Waals surface area (Å²) in [7, 11) is 0. The molecule has 118 valence electrons. The van der Waals surface area contributed by atoms with Crippen molar-refractivity contribution in [1.29, 1.82) is 0 Å². The molecule has 0 radical (unpaired) electrons. The molecule has 1 aliphatic rings. The van der Waals surface area contributed by atoms with Gasteiger partial charge in [0.1, 0.15) is 6.61 Å². The molecule has 0 atom stereocenters. The predicted octanol–water partition coefficient (Wildman–Crippen LogP) is 1.35. The first kappa shape index (κ1) is 17.2. The number of nitrogens with one attached hydrogen (secondary N) is 1. The summed E-state index contributed by atoms with van der Waals surface area (Å²) in [5.41, 5.74) is 0. The first-order valence-corrected chi connectivity index (χ1v) is 7.42. The van der Waals surface area contributed by atoms with Crippen LogP contribution in [0.5, 0.6) is 0 Å². The highest BCUT2D eigenvalue weighted by molar-refractivity contribution is 5.91. The van der Waals surface area contributed by atoms with Gasteiger partial charge in [-0.15, -0.1) is 0 Å². The number of rotatable bonds is 7. The van der Waals surface area contributed by atoms with Gasteiger partial charge < -0.3 is 14.8 Å². The molecule has 6 nitrogen and oxygen atoms in total. The minimum Gasteiger partial charge on any atom is -0.463 e. The lowest BCUT2D eigenvalue weighted by Gasteiger charge is -2.20. The first-order chi connectivity index (χ1) is 10.1. The second kappa shape index (κ2) is 9.96. The molecule has 0 unspecified atom stereocenters. The highest BCUT2D eigenvalue weighted by Crippen LogP contribution is 2.23. The van der Waals surface area contributed by atoms with Crippen molar-refractivity contribution in [2.24, 2.45) is 5.92 Å². The van der Waals surface area contributed by atoms with E-state index in [9.17, 15) is 14.4 Å². The molecule has 1 rings (SSSR count). The Morgan fingerprint density at radius 2 is 1.67 bits per heavy atom. The van der Waals surface area contributed by atoms with Gasteiger partial charge in [0, 0.05) is 18.1 Å². The standard InChI is InChI=1S/C15H23NO5/c1-2-20-13(17)8-9-14(18)21-11-10-16-15(19)12-6-4-3-5-7-12/h8-9,12H,2-7,10-11H2,1H3,(H,16,19)/b9-8+.